The van der Waals surface area contributed by atoms with E-state index in [2.05, 4.69) is 4.72 Å². The average molecular weight is 449 g/mol. The van der Waals surface area contributed by atoms with Gasteiger partial charge in [-0.25, -0.2) is 13.1 Å². The monoisotopic (exact) mass is 448 g/mol. The molecule has 1 aliphatic rings. The zero-order valence-corrected chi connectivity index (χ0v) is 18.6. The topological polar surface area (TPSA) is 94.2 Å². The Balaban J connectivity index is 1.50. The summed E-state index contributed by atoms with van der Waals surface area (Å²) in [5.41, 5.74) is 1.04. The fraction of sp³-hybridized carbons (Fsp3) is 0.409. The maximum atomic E-state index is 12.6. The van der Waals surface area contributed by atoms with Gasteiger partial charge in [0.05, 0.1) is 27.4 Å². The van der Waals surface area contributed by atoms with Gasteiger partial charge >= 0.3 is 0 Å². The number of nitrogens with zero attached hydrogens (tertiary/aromatic N) is 1. The molecule has 1 atom stereocenters. The van der Waals surface area contributed by atoms with E-state index in [-0.39, 0.29) is 35.6 Å². The summed E-state index contributed by atoms with van der Waals surface area (Å²) in [6, 6.07) is 14.3. The van der Waals surface area contributed by atoms with Gasteiger partial charge in [-0.1, -0.05) is 30.3 Å². The van der Waals surface area contributed by atoms with Crippen molar-refractivity contribution < 1.29 is 27.4 Å². The Hall–Kier alpha value is -2.62. The summed E-state index contributed by atoms with van der Waals surface area (Å²) in [6.45, 7) is 1.67. The number of hydrogen-bond acceptors (Lipinski definition) is 6. The first-order chi connectivity index (χ1) is 14.9. The van der Waals surface area contributed by atoms with E-state index in [0.717, 1.165) is 5.56 Å². The van der Waals surface area contributed by atoms with Crippen molar-refractivity contribution in [2.45, 2.75) is 23.8 Å². The molecule has 1 saturated heterocycles. The lowest BCUT2D eigenvalue weighted by atomic mass is 10.1. The quantitative estimate of drug-likeness (QED) is 0.592. The van der Waals surface area contributed by atoms with Gasteiger partial charge in [-0.05, 0) is 24.1 Å². The van der Waals surface area contributed by atoms with Crippen LogP contribution in [0.15, 0.2) is 53.4 Å². The standard InChI is InChI=1S/C22H28N2O6S/c1-28-18-10-11-21(19(15-18)29-2)31(26,27)23-12-6-9-22(25)24-13-14-30-20(16-24)17-7-4-3-5-8-17/h3-5,7-8,10-11,15,20,23H,6,9,12-14,16H2,1-2H3. The zero-order chi connectivity index (χ0) is 22.3. The molecule has 0 bridgehead atoms. The summed E-state index contributed by atoms with van der Waals surface area (Å²) in [6.07, 6.45) is 0.508. The van der Waals surface area contributed by atoms with Gasteiger partial charge < -0.3 is 19.1 Å². The highest BCUT2D eigenvalue weighted by Gasteiger charge is 2.25. The summed E-state index contributed by atoms with van der Waals surface area (Å²) >= 11 is 0. The second-order valence-corrected chi connectivity index (χ2v) is 8.86. The van der Waals surface area contributed by atoms with Crippen molar-refractivity contribution >= 4 is 15.9 Å². The van der Waals surface area contributed by atoms with Gasteiger partial charge in [0.15, 0.2) is 0 Å². The molecule has 8 nitrogen and oxygen atoms in total. The van der Waals surface area contributed by atoms with Crippen LogP contribution in [0.4, 0.5) is 0 Å². The molecular formula is C22H28N2O6S. The van der Waals surface area contributed by atoms with Gasteiger partial charge in [0, 0.05) is 25.6 Å². The van der Waals surface area contributed by atoms with Gasteiger partial charge in [0.1, 0.15) is 22.5 Å². The third-order valence-corrected chi connectivity index (χ3v) is 6.61. The van der Waals surface area contributed by atoms with E-state index in [4.69, 9.17) is 14.2 Å². The van der Waals surface area contributed by atoms with Gasteiger partial charge in [0.25, 0.3) is 0 Å². The molecule has 168 valence electrons. The number of benzene rings is 2. The number of carbonyl (C=O) groups excluding carboxylic acids is 1. The first-order valence-corrected chi connectivity index (χ1v) is 11.6. The Morgan fingerprint density at radius 2 is 1.94 bits per heavy atom. The molecule has 0 radical (unpaired) electrons. The lowest BCUT2D eigenvalue weighted by Gasteiger charge is -2.33. The predicted molar refractivity (Wildman–Crippen MR) is 116 cm³/mol. The van der Waals surface area contributed by atoms with E-state index < -0.39 is 10.0 Å². The number of hydrogen-bond donors (Lipinski definition) is 1. The van der Waals surface area contributed by atoms with Crippen molar-refractivity contribution in [1.29, 1.82) is 0 Å². The summed E-state index contributed by atoms with van der Waals surface area (Å²) in [7, 11) is -0.876. The summed E-state index contributed by atoms with van der Waals surface area (Å²) < 4.78 is 43.8. The van der Waals surface area contributed by atoms with Gasteiger partial charge in [-0.2, -0.15) is 0 Å². The number of carbonyl (C=O) groups is 1. The van der Waals surface area contributed by atoms with Crippen molar-refractivity contribution in [2.75, 3.05) is 40.5 Å². The number of rotatable bonds is 9. The second-order valence-electron chi connectivity index (χ2n) is 7.13. The van der Waals surface area contributed by atoms with Crippen LogP contribution in [-0.4, -0.2) is 59.7 Å². The van der Waals surface area contributed by atoms with E-state index in [9.17, 15) is 13.2 Å². The van der Waals surface area contributed by atoms with Gasteiger partial charge in [-0.15, -0.1) is 0 Å². The minimum atomic E-state index is -3.77. The number of amides is 1. The molecule has 0 aliphatic carbocycles. The molecule has 2 aromatic carbocycles. The number of nitrogens with one attached hydrogen (secondary N) is 1. The lowest BCUT2D eigenvalue weighted by Crippen LogP contribution is -2.42. The maximum absolute atomic E-state index is 12.6. The molecule has 1 amide bonds. The molecule has 2 aromatic rings. The Labute approximate surface area is 183 Å². The number of methoxy groups -OCH3 is 2. The van der Waals surface area contributed by atoms with Crippen molar-refractivity contribution in [3.05, 3.63) is 54.1 Å². The molecule has 0 aromatic heterocycles. The van der Waals surface area contributed by atoms with Crippen LogP contribution >= 0.6 is 0 Å². The molecule has 1 unspecified atom stereocenters. The van der Waals surface area contributed by atoms with Crippen LogP contribution in [0.1, 0.15) is 24.5 Å². The van der Waals surface area contributed by atoms with Crippen molar-refractivity contribution in [3.63, 3.8) is 0 Å². The molecule has 9 heteroatoms. The van der Waals surface area contributed by atoms with E-state index in [1.54, 1.807) is 11.0 Å². The van der Waals surface area contributed by atoms with E-state index in [1.165, 1.54) is 26.4 Å². The van der Waals surface area contributed by atoms with Crippen molar-refractivity contribution in [3.8, 4) is 11.5 Å². The number of morpholine rings is 1. The molecule has 1 fully saturated rings. The number of ether oxygens (including phenoxy) is 3. The zero-order valence-electron chi connectivity index (χ0n) is 17.7. The fourth-order valence-electron chi connectivity index (χ4n) is 3.42. The van der Waals surface area contributed by atoms with E-state index in [0.29, 0.717) is 31.9 Å². The van der Waals surface area contributed by atoms with Gasteiger partial charge in [0.2, 0.25) is 15.9 Å². The predicted octanol–water partition coefficient (Wildman–Crippen LogP) is 2.36. The Bertz CT molecular complexity index is 981. The lowest BCUT2D eigenvalue weighted by molar-refractivity contribution is -0.139. The first-order valence-electron chi connectivity index (χ1n) is 10.1. The Morgan fingerprint density at radius 1 is 1.16 bits per heavy atom. The van der Waals surface area contributed by atoms with Crippen LogP contribution in [-0.2, 0) is 19.6 Å². The molecule has 0 saturated carbocycles. The normalized spacial score (nSPS) is 16.7. The van der Waals surface area contributed by atoms with Gasteiger partial charge in [-0.3, -0.25) is 4.79 Å². The Morgan fingerprint density at radius 3 is 2.65 bits per heavy atom. The smallest absolute Gasteiger partial charge is 0.244 e. The molecular weight excluding hydrogens is 420 g/mol. The molecule has 0 spiro atoms. The highest BCUT2D eigenvalue weighted by Crippen LogP contribution is 2.28. The van der Waals surface area contributed by atoms with Crippen LogP contribution < -0.4 is 14.2 Å². The first kappa shape index (κ1) is 23.1. The van der Waals surface area contributed by atoms with Crippen molar-refractivity contribution in [1.82, 2.24) is 9.62 Å². The van der Waals surface area contributed by atoms with Crippen LogP contribution in [0.25, 0.3) is 0 Å². The number of sulfonamides is 1. The SMILES string of the molecule is COc1ccc(S(=O)(=O)NCCCC(=O)N2CCOC(c3ccccc3)C2)c(OC)c1. The summed E-state index contributed by atoms with van der Waals surface area (Å²) in [5.74, 6) is 0.689. The van der Waals surface area contributed by atoms with Crippen LogP contribution in [0.2, 0.25) is 0 Å². The molecule has 1 N–H and O–H groups in total. The van der Waals surface area contributed by atoms with Crippen LogP contribution in [0.3, 0.4) is 0 Å². The minimum Gasteiger partial charge on any atom is -0.497 e. The third kappa shape index (κ3) is 5.96. The molecule has 3 rings (SSSR count). The largest absolute Gasteiger partial charge is 0.497 e. The summed E-state index contributed by atoms with van der Waals surface area (Å²) in [4.78, 5) is 14.4. The summed E-state index contributed by atoms with van der Waals surface area (Å²) in [5, 5.41) is 0. The Kier molecular flexibility index (Phi) is 7.89. The fourth-order valence-corrected chi connectivity index (χ4v) is 4.65. The van der Waals surface area contributed by atoms with Crippen molar-refractivity contribution in [2.24, 2.45) is 0 Å². The van der Waals surface area contributed by atoms with E-state index in [1.807, 2.05) is 30.3 Å². The van der Waals surface area contributed by atoms with E-state index >= 15 is 0 Å². The second kappa shape index (κ2) is 10.6. The molecule has 1 heterocycles. The maximum Gasteiger partial charge on any atom is 0.244 e. The molecule has 1 aliphatic heterocycles. The van der Waals surface area contributed by atoms with Crippen LogP contribution in [0, 0.1) is 0 Å². The highest BCUT2D eigenvalue weighted by molar-refractivity contribution is 7.89. The molecule has 31 heavy (non-hydrogen) atoms. The van der Waals surface area contributed by atoms with Crippen LogP contribution in [0.5, 0.6) is 11.5 Å². The highest BCUT2D eigenvalue weighted by atomic mass is 32.2. The average Bonchev–Trinajstić information content (AvgIpc) is 2.81. The third-order valence-electron chi connectivity index (χ3n) is 5.11. The minimum absolute atomic E-state index is 0.00884.